The number of rotatable bonds is 3. The van der Waals surface area contributed by atoms with Crippen LogP contribution in [0.1, 0.15) is 18.4 Å². The highest BCUT2D eigenvalue weighted by Gasteiger charge is 2.19. The second-order valence-corrected chi connectivity index (χ2v) is 5.03. The molecule has 0 spiro atoms. The van der Waals surface area contributed by atoms with Crippen molar-refractivity contribution in [2.45, 2.75) is 26.1 Å². The Hall–Kier alpha value is -0.520. The van der Waals surface area contributed by atoms with Gasteiger partial charge in [-0.05, 0) is 6.92 Å². The van der Waals surface area contributed by atoms with Crippen molar-refractivity contribution in [3.8, 4) is 0 Å². The number of hydrogen-bond donors (Lipinski definition) is 1. The lowest BCUT2D eigenvalue weighted by molar-refractivity contribution is 0.197. The molecule has 0 radical (unpaired) electrons. The van der Waals surface area contributed by atoms with Gasteiger partial charge in [0, 0.05) is 36.7 Å². The molecule has 15 heavy (non-hydrogen) atoms. The van der Waals surface area contributed by atoms with Gasteiger partial charge in [-0.3, -0.25) is 4.90 Å². The predicted molar refractivity (Wildman–Crippen MR) is 61.6 cm³/mol. The molecule has 1 atom stereocenters. The van der Waals surface area contributed by atoms with Crippen molar-refractivity contribution in [3.05, 3.63) is 17.5 Å². The molecule has 1 aliphatic rings. The highest BCUT2D eigenvalue weighted by atomic mass is 32.2. The summed E-state index contributed by atoms with van der Waals surface area (Å²) in [4.78, 5) is 2.43. The van der Waals surface area contributed by atoms with E-state index in [0.717, 1.165) is 24.5 Å². The molecule has 0 aliphatic carbocycles. The van der Waals surface area contributed by atoms with Gasteiger partial charge in [-0.25, -0.2) is 0 Å². The Balaban J connectivity index is 1.95. The fourth-order valence-electron chi connectivity index (χ4n) is 1.72. The summed E-state index contributed by atoms with van der Waals surface area (Å²) < 4.78 is 5.23. The molecule has 1 aromatic heterocycles. The van der Waals surface area contributed by atoms with Crippen molar-refractivity contribution in [2.75, 3.05) is 18.1 Å². The fourth-order valence-corrected chi connectivity index (χ4v) is 2.81. The van der Waals surface area contributed by atoms with Gasteiger partial charge in [-0.2, -0.15) is 11.8 Å². The normalized spacial score (nSPS) is 23.2. The van der Waals surface area contributed by atoms with Crippen molar-refractivity contribution in [3.63, 3.8) is 0 Å². The summed E-state index contributed by atoms with van der Waals surface area (Å²) in [6, 6.07) is 2.57. The minimum Gasteiger partial charge on any atom is -0.360 e. The van der Waals surface area contributed by atoms with E-state index in [9.17, 15) is 0 Å². The van der Waals surface area contributed by atoms with Crippen molar-refractivity contribution in [1.82, 2.24) is 10.1 Å². The minimum absolute atomic E-state index is 0.453. The Morgan fingerprint density at radius 3 is 3.27 bits per heavy atom. The van der Waals surface area contributed by atoms with Crippen LogP contribution in [0.2, 0.25) is 0 Å². The largest absolute Gasteiger partial charge is 0.360 e. The number of thioether (sulfide) groups is 1. The molecular formula is C10H17N3OS. The topological polar surface area (TPSA) is 55.3 Å². The van der Waals surface area contributed by atoms with Crippen LogP contribution in [0, 0.1) is 0 Å². The van der Waals surface area contributed by atoms with Crippen LogP contribution < -0.4 is 5.73 Å². The Morgan fingerprint density at radius 1 is 1.73 bits per heavy atom. The van der Waals surface area contributed by atoms with E-state index in [0.29, 0.717) is 12.6 Å². The Morgan fingerprint density at radius 2 is 2.60 bits per heavy atom. The molecular weight excluding hydrogens is 210 g/mol. The first-order chi connectivity index (χ1) is 7.29. The predicted octanol–water partition coefficient (Wildman–Crippen LogP) is 1.07. The molecule has 1 fully saturated rings. The van der Waals surface area contributed by atoms with E-state index in [2.05, 4.69) is 17.0 Å². The molecule has 0 saturated carbocycles. The molecule has 2 N–H and O–H groups in total. The van der Waals surface area contributed by atoms with Crippen molar-refractivity contribution >= 4 is 11.8 Å². The van der Waals surface area contributed by atoms with Gasteiger partial charge in [0.15, 0.2) is 5.76 Å². The second kappa shape index (κ2) is 5.01. The standard InChI is InChI=1S/C10H17N3OS/c1-8-7-15-3-2-13(8)6-10-4-9(5-11)12-14-10/h4,8H,2-3,5-7,11H2,1H3. The van der Waals surface area contributed by atoms with Gasteiger partial charge in [0.2, 0.25) is 0 Å². The van der Waals surface area contributed by atoms with Crippen LogP contribution in [0.4, 0.5) is 0 Å². The molecule has 5 heteroatoms. The molecule has 84 valence electrons. The van der Waals surface area contributed by atoms with E-state index in [1.54, 1.807) is 0 Å². The zero-order valence-corrected chi connectivity index (χ0v) is 9.80. The van der Waals surface area contributed by atoms with Gasteiger partial charge in [0.1, 0.15) is 0 Å². The summed E-state index contributed by atoms with van der Waals surface area (Å²) in [6.45, 7) is 4.69. The van der Waals surface area contributed by atoms with Crippen LogP contribution in [0.25, 0.3) is 0 Å². The molecule has 1 aromatic rings. The molecule has 0 amide bonds. The molecule has 1 unspecified atom stereocenters. The summed E-state index contributed by atoms with van der Waals surface area (Å²) in [5, 5.41) is 3.89. The van der Waals surface area contributed by atoms with E-state index < -0.39 is 0 Å². The molecule has 0 aromatic carbocycles. The zero-order chi connectivity index (χ0) is 10.7. The van der Waals surface area contributed by atoms with Crippen LogP contribution >= 0.6 is 11.8 Å². The molecule has 1 aliphatic heterocycles. The van der Waals surface area contributed by atoms with Gasteiger partial charge < -0.3 is 10.3 Å². The third-order valence-electron chi connectivity index (χ3n) is 2.68. The SMILES string of the molecule is CC1CSCCN1Cc1cc(CN)no1. The first kappa shape index (κ1) is 11.0. The maximum Gasteiger partial charge on any atom is 0.151 e. The lowest BCUT2D eigenvalue weighted by atomic mass is 10.2. The smallest absolute Gasteiger partial charge is 0.151 e. The summed E-state index contributed by atoms with van der Waals surface area (Å²) in [6.07, 6.45) is 0. The van der Waals surface area contributed by atoms with Gasteiger partial charge in [0.05, 0.1) is 12.2 Å². The Labute approximate surface area is 94.2 Å². The van der Waals surface area contributed by atoms with Crippen LogP contribution in [0.3, 0.4) is 0 Å². The summed E-state index contributed by atoms with van der Waals surface area (Å²) in [5.74, 6) is 3.34. The molecule has 1 saturated heterocycles. The average molecular weight is 227 g/mol. The molecule has 2 rings (SSSR count). The first-order valence-corrected chi connectivity index (χ1v) is 6.41. The van der Waals surface area contributed by atoms with E-state index in [4.69, 9.17) is 10.3 Å². The lowest BCUT2D eigenvalue weighted by Crippen LogP contribution is -2.39. The quantitative estimate of drug-likeness (QED) is 0.837. The van der Waals surface area contributed by atoms with Crippen LogP contribution in [-0.4, -0.2) is 34.1 Å². The number of aromatic nitrogens is 1. The van der Waals surface area contributed by atoms with Crippen molar-refractivity contribution < 1.29 is 4.52 Å². The van der Waals surface area contributed by atoms with Gasteiger partial charge in [-0.15, -0.1) is 0 Å². The van der Waals surface area contributed by atoms with Crippen LogP contribution in [-0.2, 0) is 13.1 Å². The van der Waals surface area contributed by atoms with Gasteiger partial charge in [0.25, 0.3) is 0 Å². The third-order valence-corrected chi connectivity index (χ3v) is 3.87. The monoisotopic (exact) mass is 227 g/mol. The molecule has 4 nitrogen and oxygen atoms in total. The number of hydrogen-bond acceptors (Lipinski definition) is 5. The third kappa shape index (κ3) is 2.74. The number of nitrogens with two attached hydrogens (primary N) is 1. The summed E-state index contributed by atoms with van der Waals surface area (Å²) in [5.41, 5.74) is 6.32. The van der Waals surface area contributed by atoms with E-state index in [1.165, 1.54) is 11.5 Å². The Kier molecular flexibility index (Phi) is 3.66. The Bertz CT molecular complexity index is 315. The van der Waals surface area contributed by atoms with Gasteiger partial charge >= 0.3 is 0 Å². The van der Waals surface area contributed by atoms with Crippen LogP contribution in [0.15, 0.2) is 10.6 Å². The summed E-state index contributed by atoms with van der Waals surface area (Å²) in [7, 11) is 0. The maximum atomic E-state index is 5.48. The highest BCUT2D eigenvalue weighted by molar-refractivity contribution is 7.99. The van der Waals surface area contributed by atoms with Crippen LogP contribution in [0.5, 0.6) is 0 Å². The number of nitrogens with zero attached hydrogens (tertiary/aromatic N) is 2. The van der Waals surface area contributed by atoms with E-state index >= 15 is 0 Å². The fraction of sp³-hybridized carbons (Fsp3) is 0.700. The summed E-state index contributed by atoms with van der Waals surface area (Å²) >= 11 is 2.02. The van der Waals surface area contributed by atoms with Gasteiger partial charge in [-0.1, -0.05) is 5.16 Å². The van der Waals surface area contributed by atoms with Crippen molar-refractivity contribution in [2.24, 2.45) is 5.73 Å². The lowest BCUT2D eigenvalue weighted by Gasteiger charge is -2.31. The minimum atomic E-state index is 0.453. The second-order valence-electron chi connectivity index (χ2n) is 3.88. The molecule has 2 heterocycles. The zero-order valence-electron chi connectivity index (χ0n) is 8.98. The maximum absolute atomic E-state index is 5.48. The average Bonchev–Trinajstić information content (AvgIpc) is 2.69. The van der Waals surface area contributed by atoms with Crippen molar-refractivity contribution in [1.29, 1.82) is 0 Å². The molecule has 0 bridgehead atoms. The first-order valence-electron chi connectivity index (χ1n) is 5.26. The van der Waals surface area contributed by atoms with E-state index in [1.807, 2.05) is 17.8 Å². The highest BCUT2D eigenvalue weighted by Crippen LogP contribution is 2.18. The van der Waals surface area contributed by atoms with E-state index in [-0.39, 0.29) is 0 Å².